The fraction of sp³-hybridized carbons (Fsp3) is 0.0526. The number of para-hydroxylation sites is 3. The Balaban J connectivity index is 1.72. The lowest BCUT2D eigenvalue weighted by molar-refractivity contribution is -0.274. The molecule has 130 valence electrons. The van der Waals surface area contributed by atoms with Crippen molar-refractivity contribution in [3.05, 3.63) is 73.1 Å². The number of aromatic nitrogens is 3. The van der Waals surface area contributed by atoms with Crippen molar-refractivity contribution in [2.75, 3.05) is 0 Å². The highest BCUT2D eigenvalue weighted by molar-refractivity contribution is 5.81. The van der Waals surface area contributed by atoms with Gasteiger partial charge in [-0.1, -0.05) is 36.4 Å². The summed E-state index contributed by atoms with van der Waals surface area (Å²) in [7, 11) is 0. The number of halogens is 3. The molecular formula is C19H12F3N3O. The molecule has 4 aromatic rings. The maximum absolute atomic E-state index is 12.6. The van der Waals surface area contributed by atoms with Crippen molar-refractivity contribution >= 4 is 10.9 Å². The van der Waals surface area contributed by atoms with Crippen LogP contribution in [0.15, 0.2) is 73.1 Å². The molecule has 4 rings (SSSR count). The Hall–Kier alpha value is -3.35. The molecule has 4 nitrogen and oxygen atoms in total. The fourth-order valence-corrected chi connectivity index (χ4v) is 2.67. The van der Waals surface area contributed by atoms with Crippen LogP contribution >= 0.6 is 0 Å². The van der Waals surface area contributed by atoms with Crippen molar-refractivity contribution in [2.45, 2.75) is 6.36 Å². The zero-order valence-corrected chi connectivity index (χ0v) is 13.3. The maximum atomic E-state index is 12.6. The molecule has 0 amide bonds. The number of benzene rings is 2. The molecule has 2 heterocycles. The van der Waals surface area contributed by atoms with Crippen molar-refractivity contribution in [1.29, 1.82) is 0 Å². The van der Waals surface area contributed by atoms with E-state index in [1.807, 2.05) is 36.4 Å². The van der Waals surface area contributed by atoms with Crippen LogP contribution in [0.3, 0.4) is 0 Å². The Bertz CT molecular complexity index is 1070. The van der Waals surface area contributed by atoms with Crippen LogP contribution < -0.4 is 4.74 Å². The lowest BCUT2D eigenvalue weighted by Crippen LogP contribution is -2.18. The first-order valence-corrected chi connectivity index (χ1v) is 7.76. The number of pyridine rings is 1. The van der Waals surface area contributed by atoms with Gasteiger partial charge in [0.2, 0.25) is 0 Å². The molecule has 0 aliphatic heterocycles. The number of nitrogens with zero attached hydrogens (tertiary/aromatic N) is 3. The van der Waals surface area contributed by atoms with Crippen LogP contribution in [-0.4, -0.2) is 21.1 Å². The summed E-state index contributed by atoms with van der Waals surface area (Å²) >= 11 is 0. The van der Waals surface area contributed by atoms with E-state index in [0.29, 0.717) is 11.3 Å². The SMILES string of the molecule is FC(F)(F)Oc1ccccc1-n1cc(-c2ccc3ccccc3n2)cn1. The largest absolute Gasteiger partial charge is 0.573 e. The van der Waals surface area contributed by atoms with Crippen LogP contribution in [-0.2, 0) is 0 Å². The Morgan fingerprint density at radius 1 is 0.885 bits per heavy atom. The summed E-state index contributed by atoms with van der Waals surface area (Å²) in [5.74, 6) is -0.318. The van der Waals surface area contributed by atoms with Crippen LogP contribution in [0.5, 0.6) is 5.75 Å². The van der Waals surface area contributed by atoms with Gasteiger partial charge in [0.25, 0.3) is 0 Å². The van der Waals surface area contributed by atoms with Gasteiger partial charge in [0.05, 0.1) is 17.4 Å². The molecule has 0 atom stereocenters. The minimum atomic E-state index is -4.77. The first-order chi connectivity index (χ1) is 12.5. The molecule has 2 aromatic heterocycles. The molecule has 0 unspecified atom stereocenters. The highest BCUT2D eigenvalue weighted by Crippen LogP contribution is 2.29. The van der Waals surface area contributed by atoms with Crippen molar-refractivity contribution in [1.82, 2.24) is 14.8 Å². The average molecular weight is 355 g/mol. The van der Waals surface area contributed by atoms with E-state index in [1.54, 1.807) is 18.5 Å². The molecule has 0 radical (unpaired) electrons. The van der Waals surface area contributed by atoms with E-state index in [-0.39, 0.29) is 11.4 Å². The molecule has 0 spiro atoms. The van der Waals surface area contributed by atoms with E-state index in [9.17, 15) is 13.2 Å². The van der Waals surface area contributed by atoms with E-state index in [0.717, 1.165) is 10.9 Å². The van der Waals surface area contributed by atoms with Gasteiger partial charge in [-0.15, -0.1) is 13.2 Å². The molecule has 0 saturated heterocycles. The standard InChI is InChI=1S/C19H12F3N3O/c20-19(21,22)26-18-8-4-3-7-17(18)25-12-14(11-23-25)16-10-9-13-5-1-2-6-15(13)24-16/h1-12H. The van der Waals surface area contributed by atoms with Crippen molar-refractivity contribution in [2.24, 2.45) is 0 Å². The lowest BCUT2D eigenvalue weighted by atomic mass is 10.1. The molecule has 0 bridgehead atoms. The summed E-state index contributed by atoms with van der Waals surface area (Å²) in [6.45, 7) is 0. The van der Waals surface area contributed by atoms with Crippen LogP contribution in [0.25, 0.3) is 27.8 Å². The third-order valence-corrected chi connectivity index (χ3v) is 3.81. The molecule has 0 aliphatic carbocycles. The summed E-state index contributed by atoms with van der Waals surface area (Å²) < 4.78 is 43.2. The summed E-state index contributed by atoms with van der Waals surface area (Å²) in [5.41, 5.74) is 2.40. The topological polar surface area (TPSA) is 39.9 Å². The summed E-state index contributed by atoms with van der Waals surface area (Å²) in [6, 6.07) is 17.3. The highest BCUT2D eigenvalue weighted by atomic mass is 19.4. The number of alkyl halides is 3. The molecule has 7 heteroatoms. The molecule has 0 saturated carbocycles. The summed E-state index contributed by atoms with van der Waals surface area (Å²) in [5, 5.41) is 5.17. The van der Waals surface area contributed by atoms with Gasteiger partial charge in [-0.25, -0.2) is 9.67 Å². The second-order valence-electron chi connectivity index (χ2n) is 5.58. The van der Waals surface area contributed by atoms with Gasteiger partial charge in [-0.2, -0.15) is 5.10 Å². The van der Waals surface area contributed by atoms with Crippen LogP contribution in [0.2, 0.25) is 0 Å². The van der Waals surface area contributed by atoms with E-state index in [1.165, 1.54) is 22.9 Å². The smallest absolute Gasteiger partial charge is 0.403 e. The first kappa shape index (κ1) is 16.1. The minimum Gasteiger partial charge on any atom is -0.403 e. The normalized spacial score (nSPS) is 11.7. The third kappa shape index (κ3) is 3.23. The first-order valence-electron chi connectivity index (χ1n) is 7.76. The second-order valence-corrected chi connectivity index (χ2v) is 5.58. The zero-order chi connectivity index (χ0) is 18.1. The van der Waals surface area contributed by atoms with Crippen molar-refractivity contribution in [3.63, 3.8) is 0 Å². The molecule has 26 heavy (non-hydrogen) atoms. The van der Waals surface area contributed by atoms with Gasteiger partial charge in [-0.05, 0) is 24.3 Å². The van der Waals surface area contributed by atoms with Crippen molar-refractivity contribution in [3.8, 4) is 22.7 Å². The molecule has 0 fully saturated rings. The Morgan fingerprint density at radius 2 is 1.65 bits per heavy atom. The molecule has 2 aromatic carbocycles. The average Bonchev–Trinajstić information content (AvgIpc) is 3.10. The Morgan fingerprint density at radius 3 is 2.50 bits per heavy atom. The second kappa shape index (κ2) is 6.18. The maximum Gasteiger partial charge on any atom is 0.573 e. The predicted molar refractivity (Wildman–Crippen MR) is 91.0 cm³/mol. The van der Waals surface area contributed by atoms with Gasteiger partial charge in [-0.3, -0.25) is 0 Å². The fourth-order valence-electron chi connectivity index (χ4n) is 2.67. The Kier molecular flexibility index (Phi) is 3.84. The van der Waals surface area contributed by atoms with E-state index in [2.05, 4.69) is 14.8 Å². The quantitative estimate of drug-likeness (QED) is 0.520. The van der Waals surface area contributed by atoms with Crippen LogP contribution in [0, 0.1) is 0 Å². The van der Waals surface area contributed by atoms with Gasteiger partial charge in [0, 0.05) is 17.1 Å². The Labute approximate surface area is 146 Å². The molecule has 0 aliphatic rings. The van der Waals surface area contributed by atoms with E-state index in [4.69, 9.17) is 0 Å². The third-order valence-electron chi connectivity index (χ3n) is 3.81. The number of fused-ring (bicyclic) bond motifs is 1. The number of rotatable bonds is 3. The number of hydrogen-bond donors (Lipinski definition) is 0. The summed E-state index contributed by atoms with van der Waals surface area (Å²) in [6.07, 6.45) is -1.59. The van der Waals surface area contributed by atoms with Crippen molar-refractivity contribution < 1.29 is 17.9 Å². The monoisotopic (exact) mass is 355 g/mol. The van der Waals surface area contributed by atoms with E-state index < -0.39 is 6.36 Å². The van der Waals surface area contributed by atoms with Crippen LogP contribution in [0.1, 0.15) is 0 Å². The zero-order valence-electron chi connectivity index (χ0n) is 13.3. The van der Waals surface area contributed by atoms with Crippen LogP contribution in [0.4, 0.5) is 13.2 Å². The molecule has 0 N–H and O–H groups in total. The van der Waals surface area contributed by atoms with Gasteiger partial charge >= 0.3 is 6.36 Å². The number of ether oxygens (including phenoxy) is 1. The minimum absolute atomic E-state index is 0.192. The van der Waals surface area contributed by atoms with Gasteiger partial charge in [0.1, 0.15) is 5.69 Å². The summed E-state index contributed by atoms with van der Waals surface area (Å²) in [4.78, 5) is 4.57. The van der Waals surface area contributed by atoms with Gasteiger partial charge in [0.15, 0.2) is 5.75 Å². The number of hydrogen-bond acceptors (Lipinski definition) is 3. The molecular weight excluding hydrogens is 343 g/mol. The highest BCUT2D eigenvalue weighted by Gasteiger charge is 2.32. The predicted octanol–water partition coefficient (Wildman–Crippen LogP) is 4.99. The lowest BCUT2D eigenvalue weighted by Gasteiger charge is -2.12. The van der Waals surface area contributed by atoms with Gasteiger partial charge < -0.3 is 4.74 Å². The van der Waals surface area contributed by atoms with E-state index >= 15 is 0 Å².